The second kappa shape index (κ2) is 5.96. The number of carbonyl (C=O) groups excluding carboxylic acids is 1. The van der Waals surface area contributed by atoms with Crippen molar-refractivity contribution in [3.05, 3.63) is 96.4 Å². The molecule has 0 aliphatic heterocycles. The predicted molar refractivity (Wildman–Crippen MR) is 90.6 cm³/mol. The van der Waals surface area contributed by atoms with Crippen LogP contribution in [-0.4, -0.2) is 25.3 Å². The molecule has 2 aromatic heterocycles. The van der Waals surface area contributed by atoms with Gasteiger partial charge in [-0.25, -0.2) is 9.36 Å². The summed E-state index contributed by atoms with van der Waals surface area (Å²) < 4.78 is 3.46. The second-order valence-electron chi connectivity index (χ2n) is 5.31. The molecule has 2 heterocycles. The Bertz CT molecular complexity index is 954. The molecule has 0 unspecified atom stereocenters. The molecule has 0 bridgehead atoms. The second-order valence-corrected chi connectivity index (χ2v) is 5.31. The van der Waals surface area contributed by atoms with Crippen LogP contribution in [0.2, 0.25) is 0 Å². The Kier molecular flexibility index (Phi) is 3.51. The fraction of sp³-hybridized carbons (Fsp3) is 0. The highest BCUT2D eigenvalue weighted by Crippen LogP contribution is 2.14. The summed E-state index contributed by atoms with van der Waals surface area (Å²) in [4.78, 5) is 12.4. The Morgan fingerprint density at radius 1 is 0.750 bits per heavy atom. The fourth-order valence-corrected chi connectivity index (χ4v) is 2.51. The Balaban J connectivity index is 1.59. The first kappa shape index (κ1) is 14.1. The molecule has 0 N–H and O–H groups in total. The molecular formula is C19H14N4O. The Hall–Kier alpha value is -3.47. The topological polar surface area (TPSA) is 52.7 Å². The van der Waals surface area contributed by atoms with Crippen molar-refractivity contribution in [1.82, 2.24) is 19.6 Å². The van der Waals surface area contributed by atoms with Crippen molar-refractivity contribution in [3.63, 3.8) is 0 Å². The van der Waals surface area contributed by atoms with Crippen LogP contribution in [0.4, 0.5) is 0 Å². The molecule has 5 nitrogen and oxygen atoms in total. The monoisotopic (exact) mass is 314 g/mol. The van der Waals surface area contributed by atoms with Crippen LogP contribution < -0.4 is 0 Å². The quantitative estimate of drug-likeness (QED) is 0.543. The minimum absolute atomic E-state index is 0.0137. The summed E-state index contributed by atoms with van der Waals surface area (Å²) in [6.07, 6.45) is 5.42. The van der Waals surface area contributed by atoms with Crippen LogP contribution in [-0.2, 0) is 0 Å². The van der Waals surface area contributed by atoms with Gasteiger partial charge in [0.25, 0.3) is 0 Å². The van der Waals surface area contributed by atoms with Crippen molar-refractivity contribution in [3.8, 4) is 11.5 Å². The third kappa shape index (κ3) is 2.63. The largest absolute Gasteiger partial charge is 0.289 e. The zero-order valence-corrected chi connectivity index (χ0v) is 12.8. The summed E-state index contributed by atoms with van der Waals surface area (Å²) in [7, 11) is 0. The number of ketones is 1. The third-order valence-electron chi connectivity index (χ3n) is 3.74. The van der Waals surface area contributed by atoms with Gasteiger partial charge in [-0.15, -0.1) is 5.10 Å². The third-order valence-corrected chi connectivity index (χ3v) is 3.74. The fourth-order valence-electron chi connectivity index (χ4n) is 2.51. The van der Waals surface area contributed by atoms with Crippen molar-refractivity contribution < 1.29 is 4.79 Å². The predicted octanol–water partition coefficient (Wildman–Crippen LogP) is 3.29. The Morgan fingerprint density at radius 3 is 2.21 bits per heavy atom. The average Bonchev–Trinajstić information content (AvgIpc) is 3.33. The van der Waals surface area contributed by atoms with Crippen LogP contribution in [0.5, 0.6) is 0 Å². The van der Waals surface area contributed by atoms with Gasteiger partial charge in [-0.1, -0.05) is 30.3 Å². The summed E-state index contributed by atoms with van der Waals surface area (Å²) in [6.45, 7) is 0. The van der Waals surface area contributed by atoms with E-state index in [4.69, 9.17) is 0 Å². The van der Waals surface area contributed by atoms with Gasteiger partial charge in [0.2, 0.25) is 0 Å². The maximum Gasteiger partial charge on any atom is 0.193 e. The number of rotatable bonds is 4. The summed E-state index contributed by atoms with van der Waals surface area (Å²) in [5.74, 6) is 0.754. The minimum atomic E-state index is 0.0137. The van der Waals surface area contributed by atoms with E-state index in [1.54, 1.807) is 15.6 Å². The SMILES string of the molecule is O=C(c1ccccc1)c1ccc(-n2ccc(-n3cccn3)n2)cc1. The molecule has 0 amide bonds. The lowest BCUT2D eigenvalue weighted by molar-refractivity contribution is 0.103. The van der Waals surface area contributed by atoms with Crippen molar-refractivity contribution in [2.24, 2.45) is 0 Å². The molecule has 4 rings (SSSR count). The first-order valence-corrected chi connectivity index (χ1v) is 7.57. The Labute approximate surface area is 138 Å². The molecular weight excluding hydrogens is 300 g/mol. The average molecular weight is 314 g/mol. The van der Waals surface area contributed by atoms with Gasteiger partial charge < -0.3 is 0 Å². The number of nitrogens with zero attached hydrogens (tertiary/aromatic N) is 4. The van der Waals surface area contributed by atoms with E-state index in [0.717, 1.165) is 11.5 Å². The molecule has 0 fully saturated rings. The van der Waals surface area contributed by atoms with Gasteiger partial charge >= 0.3 is 0 Å². The summed E-state index contributed by atoms with van der Waals surface area (Å²) >= 11 is 0. The lowest BCUT2D eigenvalue weighted by Gasteiger charge is -2.04. The molecule has 2 aromatic carbocycles. The smallest absolute Gasteiger partial charge is 0.193 e. The Morgan fingerprint density at radius 2 is 1.50 bits per heavy atom. The van der Waals surface area contributed by atoms with E-state index in [9.17, 15) is 4.79 Å². The first-order valence-electron chi connectivity index (χ1n) is 7.57. The highest BCUT2D eigenvalue weighted by atomic mass is 16.1. The standard InChI is InChI=1S/C19H14N4O/c24-19(15-5-2-1-3-6-15)16-7-9-17(10-8-16)22-14-11-18(21-22)23-13-4-12-20-23/h1-14H. The first-order chi connectivity index (χ1) is 11.8. The number of hydrogen-bond acceptors (Lipinski definition) is 3. The van der Waals surface area contributed by atoms with E-state index >= 15 is 0 Å². The maximum absolute atomic E-state index is 12.4. The van der Waals surface area contributed by atoms with Gasteiger partial charge in [-0.2, -0.15) is 5.10 Å². The zero-order valence-electron chi connectivity index (χ0n) is 12.8. The van der Waals surface area contributed by atoms with Gasteiger partial charge in [0.05, 0.1) is 5.69 Å². The van der Waals surface area contributed by atoms with Crippen molar-refractivity contribution >= 4 is 5.78 Å². The molecule has 0 aliphatic carbocycles. The van der Waals surface area contributed by atoms with Crippen molar-refractivity contribution in [2.45, 2.75) is 0 Å². The van der Waals surface area contributed by atoms with Gasteiger partial charge in [-0.05, 0) is 30.3 Å². The highest BCUT2D eigenvalue weighted by molar-refractivity contribution is 6.09. The van der Waals surface area contributed by atoms with Gasteiger partial charge in [0.1, 0.15) is 0 Å². The number of hydrogen-bond donors (Lipinski definition) is 0. The van der Waals surface area contributed by atoms with Crippen LogP contribution in [0.3, 0.4) is 0 Å². The van der Waals surface area contributed by atoms with E-state index in [-0.39, 0.29) is 5.78 Å². The molecule has 4 aromatic rings. The summed E-state index contributed by atoms with van der Waals surface area (Å²) in [5, 5.41) is 8.65. The highest BCUT2D eigenvalue weighted by Gasteiger charge is 2.09. The van der Waals surface area contributed by atoms with Crippen molar-refractivity contribution in [2.75, 3.05) is 0 Å². The number of benzene rings is 2. The van der Waals surface area contributed by atoms with Crippen LogP contribution in [0.1, 0.15) is 15.9 Å². The molecule has 0 saturated heterocycles. The van der Waals surface area contributed by atoms with Crippen LogP contribution >= 0.6 is 0 Å². The molecule has 5 heteroatoms. The van der Waals surface area contributed by atoms with Crippen LogP contribution in [0.15, 0.2) is 85.3 Å². The van der Waals surface area contributed by atoms with Gasteiger partial charge in [-0.3, -0.25) is 4.79 Å². The van der Waals surface area contributed by atoms with E-state index in [0.29, 0.717) is 11.1 Å². The number of aromatic nitrogens is 4. The summed E-state index contributed by atoms with van der Waals surface area (Å²) in [6, 6.07) is 20.4. The van der Waals surface area contributed by atoms with Gasteiger partial charge in [0, 0.05) is 35.8 Å². The molecule has 0 aliphatic rings. The number of carbonyl (C=O) groups is 1. The molecule has 0 atom stereocenters. The summed E-state index contributed by atoms with van der Waals surface area (Å²) in [5.41, 5.74) is 2.23. The van der Waals surface area contributed by atoms with E-state index < -0.39 is 0 Å². The van der Waals surface area contributed by atoms with E-state index in [2.05, 4.69) is 10.2 Å². The van der Waals surface area contributed by atoms with Crippen LogP contribution in [0.25, 0.3) is 11.5 Å². The molecule has 0 radical (unpaired) electrons. The minimum Gasteiger partial charge on any atom is -0.289 e. The molecule has 0 spiro atoms. The molecule has 0 saturated carbocycles. The molecule has 116 valence electrons. The lowest BCUT2D eigenvalue weighted by atomic mass is 10.0. The van der Waals surface area contributed by atoms with E-state index in [1.807, 2.05) is 79.1 Å². The van der Waals surface area contributed by atoms with Crippen molar-refractivity contribution in [1.29, 1.82) is 0 Å². The maximum atomic E-state index is 12.4. The lowest BCUT2D eigenvalue weighted by Crippen LogP contribution is -2.02. The molecule has 24 heavy (non-hydrogen) atoms. The van der Waals surface area contributed by atoms with Gasteiger partial charge in [0.15, 0.2) is 11.6 Å². The normalized spacial score (nSPS) is 10.7. The van der Waals surface area contributed by atoms with E-state index in [1.165, 1.54) is 0 Å². The zero-order chi connectivity index (χ0) is 16.4. The van der Waals surface area contributed by atoms with Crippen LogP contribution in [0, 0.1) is 0 Å².